The number of nitrogens with one attached hydrogen (secondary N) is 1. The molecule has 0 fully saturated rings. The van der Waals surface area contributed by atoms with Gasteiger partial charge in [-0.3, -0.25) is 4.79 Å². The van der Waals surface area contributed by atoms with E-state index in [-0.39, 0.29) is 12.3 Å². The Morgan fingerprint density at radius 3 is 2.50 bits per heavy atom. The van der Waals surface area contributed by atoms with E-state index in [2.05, 4.69) is 5.32 Å². The zero-order valence-electron chi connectivity index (χ0n) is 11.3. The summed E-state index contributed by atoms with van der Waals surface area (Å²) in [6.45, 7) is 0.590. The number of halogens is 1. The number of rotatable bonds is 8. The van der Waals surface area contributed by atoms with Crippen molar-refractivity contribution < 1.29 is 19.4 Å². The van der Waals surface area contributed by atoms with Crippen molar-refractivity contribution in [2.75, 3.05) is 13.7 Å². The molecule has 0 aromatic heterocycles. The first-order valence-corrected chi connectivity index (χ1v) is 6.69. The third-order valence-corrected chi connectivity index (χ3v) is 3.01. The predicted octanol–water partition coefficient (Wildman–Crippen LogP) is 2.40. The van der Waals surface area contributed by atoms with Gasteiger partial charge in [-0.05, 0) is 30.5 Å². The van der Waals surface area contributed by atoms with Gasteiger partial charge in [0.1, 0.15) is 0 Å². The van der Waals surface area contributed by atoms with Crippen molar-refractivity contribution in [3.8, 4) is 0 Å². The zero-order chi connectivity index (χ0) is 15.0. The molecule has 110 valence electrons. The Labute approximate surface area is 122 Å². The number of aliphatic carboxylic acids is 1. The maximum absolute atomic E-state index is 11.7. The van der Waals surface area contributed by atoms with Crippen molar-refractivity contribution in [2.45, 2.75) is 25.3 Å². The summed E-state index contributed by atoms with van der Waals surface area (Å²) < 4.78 is 4.89. The molecule has 0 saturated heterocycles. The molecular formula is C14H18ClNO4. The average molecular weight is 300 g/mol. The number of hydrogen-bond donors (Lipinski definition) is 2. The monoisotopic (exact) mass is 299 g/mol. The number of amides is 1. The number of methoxy groups -OCH3 is 1. The Balaban J connectivity index is 2.57. The van der Waals surface area contributed by atoms with Crippen molar-refractivity contribution in [3.05, 3.63) is 34.9 Å². The van der Waals surface area contributed by atoms with E-state index in [0.717, 1.165) is 6.42 Å². The largest absolute Gasteiger partial charge is 0.479 e. The maximum atomic E-state index is 11.7. The van der Waals surface area contributed by atoms with E-state index in [9.17, 15) is 14.7 Å². The van der Waals surface area contributed by atoms with Crippen LogP contribution in [0.15, 0.2) is 24.3 Å². The van der Waals surface area contributed by atoms with Crippen LogP contribution >= 0.6 is 11.6 Å². The average Bonchev–Trinajstić information content (AvgIpc) is 2.42. The standard InChI is InChI=1S/C14H18ClNO4/c1-20-9-3-2-4-12(17)16-13(14(18)19)10-5-7-11(15)8-6-10/h5-8,13H,2-4,9H2,1H3,(H,16,17)(H,18,19). The molecule has 1 amide bonds. The van der Waals surface area contributed by atoms with Gasteiger partial charge in [0, 0.05) is 25.2 Å². The lowest BCUT2D eigenvalue weighted by molar-refractivity contribution is -0.142. The fourth-order valence-corrected chi connectivity index (χ4v) is 1.83. The van der Waals surface area contributed by atoms with E-state index in [1.54, 1.807) is 31.4 Å². The fraction of sp³-hybridized carbons (Fsp3) is 0.429. The van der Waals surface area contributed by atoms with E-state index in [0.29, 0.717) is 23.6 Å². The quantitative estimate of drug-likeness (QED) is 0.723. The second kappa shape index (κ2) is 8.55. The summed E-state index contributed by atoms with van der Waals surface area (Å²) in [5.74, 6) is -1.39. The number of hydrogen-bond acceptors (Lipinski definition) is 3. The van der Waals surface area contributed by atoms with Crippen LogP contribution in [0.25, 0.3) is 0 Å². The Bertz CT molecular complexity index is 447. The summed E-state index contributed by atoms with van der Waals surface area (Å²) in [4.78, 5) is 22.9. The first kappa shape index (κ1) is 16.5. The molecule has 0 spiro atoms. The number of benzene rings is 1. The molecule has 0 radical (unpaired) electrons. The van der Waals surface area contributed by atoms with Gasteiger partial charge in [0.05, 0.1) is 0 Å². The van der Waals surface area contributed by atoms with Crippen molar-refractivity contribution in [1.82, 2.24) is 5.32 Å². The van der Waals surface area contributed by atoms with Crippen LogP contribution in [0.2, 0.25) is 5.02 Å². The highest BCUT2D eigenvalue weighted by atomic mass is 35.5. The normalized spacial score (nSPS) is 11.9. The van der Waals surface area contributed by atoms with Crippen LogP contribution in [-0.2, 0) is 14.3 Å². The summed E-state index contributed by atoms with van der Waals surface area (Å²) in [5, 5.41) is 12.2. The van der Waals surface area contributed by atoms with E-state index in [4.69, 9.17) is 16.3 Å². The van der Waals surface area contributed by atoms with Gasteiger partial charge in [-0.15, -0.1) is 0 Å². The number of unbranched alkanes of at least 4 members (excludes halogenated alkanes) is 1. The van der Waals surface area contributed by atoms with Crippen molar-refractivity contribution >= 4 is 23.5 Å². The van der Waals surface area contributed by atoms with E-state index in [1.165, 1.54) is 0 Å². The van der Waals surface area contributed by atoms with Crippen LogP contribution in [-0.4, -0.2) is 30.7 Å². The van der Waals surface area contributed by atoms with Crippen LogP contribution in [0.1, 0.15) is 30.9 Å². The molecule has 0 aliphatic heterocycles. The molecule has 2 N–H and O–H groups in total. The van der Waals surface area contributed by atoms with Gasteiger partial charge >= 0.3 is 5.97 Å². The van der Waals surface area contributed by atoms with E-state index >= 15 is 0 Å². The molecule has 1 atom stereocenters. The number of carboxylic acid groups (broad SMARTS) is 1. The number of carbonyl (C=O) groups excluding carboxylic acids is 1. The molecule has 1 aromatic rings. The minimum absolute atomic E-state index is 0.279. The van der Waals surface area contributed by atoms with Gasteiger partial charge in [-0.25, -0.2) is 4.79 Å². The van der Waals surface area contributed by atoms with Crippen LogP contribution < -0.4 is 5.32 Å². The zero-order valence-corrected chi connectivity index (χ0v) is 12.0. The highest BCUT2D eigenvalue weighted by Crippen LogP contribution is 2.17. The third-order valence-electron chi connectivity index (χ3n) is 2.76. The summed E-state index contributed by atoms with van der Waals surface area (Å²) in [7, 11) is 1.60. The second-order valence-corrected chi connectivity index (χ2v) is 4.78. The number of carboxylic acids is 1. The van der Waals surface area contributed by atoms with Gasteiger partial charge in [0.25, 0.3) is 0 Å². The number of ether oxygens (including phenoxy) is 1. The second-order valence-electron chi connectivity index (χ2n) is 4.34. The van der Waals surface area contributed by atoms with E-state index in [1.807, 2.05) is 0 Å². The molecule has 0 saturated carbocycles. The summed E-state index contributed by atoms with van der Waals surface area (Å²) in [5.41, 5.74) is 0.493. The van der Waals surface area contributed by atoms with Crippen molar-refractivity contribution in [3.63, 3.8) is 0 Å². The topological polar surface area (TPSA) is 75.6 Å². The third kappa shape index (κ3) is 5.59. The van der Waals surface area contributed by atoms with Gasteiger partial charge in [-0.1, -0.05) is 23.7 Å². The van der Waals surface area contributed by atoms with Gasteiger partial charge in [-0.2, -0.15) is 0 Å². The summed E-state index contributed by atoms with van der Waals surface area (Å²) >= 11 is 5.75. The van der Waals surface area contributed by atoms with Crippen LogP contribution in [0.4, 0.5) is 0 Å². The highest BCUT2D eigenvalue weighted by molar-refractivity contribution is 6.30. The van der Waals surface area contributed by atoms with Crippen LogP contribution in [0, 0.1) is 0 Å². The highest BCUT2D eigenvalue weighted by Gasteiger charge is 2.21. The molecule has 20 heavy (non-hydrogen) atoms. The smallest absolute Gasteiger partial charge is 0.330 e. The molecular weight excluding hydrogens is 282 g/mol. The fourth-order valence-electron chi connectivity index (χ4n) is 1.71. The minimum atomic E-state index is -1.10. The molecule has 0 aliphatic rings. The summed E-state index contributed by atoms with van der Waals surface area (Å²) in [6, 6.07) is 5.32. The Kier molecular flexibility index (Phi) is 7.04. The van der Waals surface area contributed by atoms with Crippen LogP contribution in [0.5, 0.6) is 0 Å². The molecule has 5 nitrogen and oxygen atoms in total. The van der Waals surface area contributed by atoms with Gasteiger partial charge < -0.3 is 15.2 Å². The van der Waals surface area contributed by atoms with Crippen molar-refractivity contribution in [2.24, 2.45) is 0 Å². The Morgan fingerprint density at radius 1 is 1.30 bits per heavy atom. The Morgan fingerprint density at radius 2 is 1.95 bits per heavy atom. The Hall–Kier alpha value is -1.59. The molecule has 0 heterocycles. The summed E-state index contributed by atoms with van der Waals surface area (Å²) in [6.07, 6.45) is 1.70. The first-order valence-electron chi connectivity index (χ1n) is 6.31. The molecule has 1 aromatic carbocycles. The molecule has 6 heteroatoms. The molecule has 1 rings (SSSR count). The lowest BCUT2D eigenvalue weighted by Gasteiger charge is -2.15. The minimum Gasteiger partial charge on any atom is -0.479 e. The first-order chi connectivity index (χ1) is 9.54. The lowest BCUT2D eigenvalue weighted by atomic mass is 10.1. The SMILES string of the molecule is COCCCCC(=O)NC(C(=O)O)c1ccc(Cl)cc1. The van der Waals surface area contributed by atoms with E-state index < -0.39 is 12.0 Å². The predicted molar refractivity (Wildman–Crippen MR) is 75.7 cm³/mol. The number of carbonyl (C=O) groups is 2. The van der Waals surface area contributed by atoms with Gasteiger partial charge in [0.2, 0.25) is 5.91 Å². The lowest BCUT2D eigenvalue weighted by Crippen LogP contribution is -2.33. The molecule has 1 unspecified atom stereocenters. The molecule has 0 bridgehead atoms. The maximum Gasteiger partial charge on any atom is 0.330 e. The van der Waals surface area contributed by atoms with Gasteiger partial charge in [0.15, 0.2) is 6.04 Å². The van der Waals surface area contributed by atoms with Crippen LogP contribution in [0.3, 0.4) is 0 Å². The molecule has 0 aliphatic carbocycles. The van der Waals surface area contributed by atoms with Crippen molar-refractivity contribution in [1.29, 1.82) is 0 Å².